The number of nitrogens with one attached hydrogen (secondary N) is 2. The maximum absolute atomic E-state index is 4.72. The molecule has 1 atom stereocenters. The molecule has 4 rings (SSSR count). The summed E-state index contributed by atoms with van der Waals surface area (Å²) in [5, 5.41) is 8.07. The number of rotatable bonds is 3. The highest BCUT2D eigenvalue weighted by atomic mass is 15.2. The second kappa shape index (κ2) is 5.29. The molecule has 1 aliphatic rings. The maximum atomic E-state index is 4.72. The smallest absolute Gasteiger partial charge is 0.155 e. The molecular formula is C15H18N6. The zero-order valence-electron chi connectivity index (χ0n) is 11.8. The molecule has 4 heterocycles. The molecule has 3 aromatic heterocycles. The molecule has 21 heavy (non-hydrogen) atoms. The van der Waals surface area contributed by atoms with Gasteiger partial charge in [0.15, 0.2) is 5.65 Å². The molecule has 2 N–H and O–H groups in total. The standard InChI is InChI=1S/C15H18N6/c1-2-12(9-21(7-1)10-14-16-5-6-17-14)13-4-3-11-8-18-20-15(11)19-13/h3-6,8,12H,1-2,7,9-10H2,(H,16,17)(H,18,19,20)/t12-/m0/s1. The Morgan fingerprint density at radius 1 is 1.33 bits per heavy atom. The van der Waals surface area contributed by atoms with Gasteiger partial charge in [0.1, 0.15) is 5.82 Å². The minimum absolute atomic E-state index is 0.487. The lowest BCUT2D eigenvalue weighted by atomic mass is 9.94. The topological polar surface area (TPSA) is 73.5 Å². The third-order valence-electron chi connectivity index (χ3n) is 4.17. The summed E-state index contributed by atoms with van der Waals surface area (Å²) in [6.07, 6.45) is 7.90. The minimum Gasteiger partial charge on any atom is -0.348 e. The first-order chi connectivity index (χ1) is 10.4. The Hall–Kier alpha value is -2.21. The first-order valence-corrected chi connectivity index (χ1v) is 7.39. The molecule has 0 spiro atoms. The van der Waals surface area contributed by atoms with Crippen molar-refractivity contribution in [3.05, 3.63) is 42.2 Å². The van der Waals surface area contributed by atoms with Crippen LogP contribution in [-0.2, 0) is 6.54 Å². The number of nitrogens with zero attached hydrogens (tertiary/aromatic N) is 4. The van der Waals surface area contributed by atoms with E-state index in [1.165, 1.54) is 12.8 Å². The Morgan fingerprint density at radius 2 is 2.33 bits per heavy atom. The number of likely N-dealkylation sites (tertiary alicyclic amines) is 1. The Labute approximate surface area is 122 Å². The van der Waals surface area contributed by atoms with Gasteiger partial charge in [-0.15, -0.1) is 0 Å². The number of imidazole rings is 1. The van der Waals surface area contributed by atoms with Gasteiger partial charge < -0.3 is 4.98 Å². The van der Waals surface area contributed by atoms with Gasteiger partial charge in [-0.1, -0.05) is 0 Å². The summed E-state index contributed by atoms with van der Waals surface area (Å²) in [4.78, 5) is 14.7. The molecule has 0 amide bonds. The summed E-state index contributed by atoms with van der Waals surface area (Å²) < 4.78 is 0. The van der Waals surface area contributed by atoms with Gasteiger partial charge in [0.05, 0.1) is 12.7 Å². The van der Waals surface area contributed by atoms with Crippen LogP contribution in [0.3, 0.4) is 0 Å². The molecule has 0 aromatic carbocycles. The van der Waals surface area contributed by atoms with Gasteiger partial charge in [-0.05, 0) is 31.5 Å². The molecule has 0 saturated carbocycles. The number of fused-ring (bicyclic) bond motifs is 1. The monoisotopic (exact) mass is 282 g/mol. The molecular weight excluding hydrogens is 264 g/mol. The van der Waals surface area contributed by atoms with Crippen LogP contribution in [0.5, 0.6) is 0 Å². The van der Waals surface area contributed by atoms with Crippen molar-refractivity contribution < 1.29 is 0 Å². The van der Waals surface area contributed by atoms with Gasteiger partial charge in [0.25, 0.3) is 0 Å². The number of hydrogen-bond acceptors (Lipinski definition) is 4. The van der Waals surface area contributed by atoms with Crippen molar-refractivity contribution in [2.45, 2.75) is 25.3 Å². The van der Waals surface area contributed by atoms with E-state index < -0.39 is 0 Å². The summed E-state index contributed by atoms with van der Waals surface area (Å²) in [6, 6.07) is 4.24. The normalized spacial score (nSPS) is 20.1. The molecule has 0 aliphatic carbocycles. The van der Waals surface area contributed by atoms with Crippen molar-refractivity contribution in [1.29, 1.82) is 0 Å². The van der Waals surface area contributed by atoms with Crippen molar-refractivity contribution in [3.8, 4) is 0 Å². The summed E-state index contributed by atoms with van der Waals surface area (Å²) in [7, 11) is 0. The molecule has 6 nitrogen and oxygen atoms in total. The molecule has 1 saturated heterocycles. The van der Waals surface area contributed by atoms with Gasteiger partial charge in [-0.2, -0.15) is 5.10 Å². The number of pyridine rings is 1. The Balaban J connectivity index is 1.51. The van der Waals surface area contributed by atoms with E-state index in [0.717, 1.165) is 42.2 Å². The predicted molar refractivity (Wildman–Crippen MR) is 79.7 cm³/mol. The molecule has 1 fully saturated rings. The van der Waals surface area contributed by atoms with E-state index in [2.05, 4.69) is 37.2 Å². The van der Waals surface area contributed by atoms with E-state index in [1.54, 1.807) is 0 Å². The zero-order chi connectivity index (χ0) is 14.1. The molecule has 3 aromatic rings. The Kier molecular flexibility index (Phi) is 3.16. The van der Waals surface area contributed by atoms with Crippen LogP contribution in [-0.4, -0.2) is 43.1 Å². The molecule has 108 valence electrons. The fraction of sp³-hybridized carbons (Fsp3) is 0.400. The van der Waals surface area contributed by atoms with Crippen LogP contribution in [0.25, 0.3) is 11.0 Å². The van der Waals surface area contributed by atoms with Crippen molar-refractivity contribution in [3.63, 3.8) is 0 Å². The Morgan fingerprint density at radius 3 is 3.24 bits per heavy atom. The number of aromatic nitrogens is 5. The number of aromatic amines is 2. The predicted octanol–water partition coefficient (Wildman–Crippen LogP) is 2.06. The highest BCUT2D eigenvalue weighted by molar-refractivity contribution is 5.73. The van der Waals surface area contributed by atoms with Gasteiger partial charge >= 0.3 is 0 Å². The SMILES string of the molecule is c1c[nH]c(CN2CCC[C@H](c3ccc4cn[nH]c4n3)C2)n1. The van der Waals surface area contributed by atoms with Crippen LogP contribution in [0.1, 0.15) is 30.3 Å². The highest BCUT2D eigenvalue weighted by Gasteiger charge is 2.23. The Bertz CT molecular complexity index is 717. The summed E-state index contributed by atoms with van der Waals surface area (Å²) in [5.74, 6) is 1.52. The third-order valence-corrected chi connectivity index (χ3v) is 4.17. The molecule has 1 aliphatic heterocycles. The summed E-state index contributed by atoms with van der Waals surface area (Å²) >= 11 is 0. The van der Waals surface area contributed by atoms with E-state index in [0.29, 0.717) is 5.92 Å². The van der Waals surface area contributed by atoms with E-state index in [-0.39, 0.29) is 0 Å². The third kappa shape index (κ3) is 2.54. The van der Waals surface area contributed by atoms with Crippen LogP contribution >= 0.6 is 0 Å². The lowest BCUT2D eigenvalue weighted by Crippen LogP contribution is -2.34. The first-order valence-electron chi connectivity index (χ1n) is 7.39. The first kappa shape index (κ1) is 12.5. The average molecular weight is 282 g/mol. The van der Waals surface area contributed by atoms with Crippen LogP contribution in [0.15, 0.2) is 30.7 Å². The molecule has 0 radical (unpaired) electrons. The zero-order valence-corrected chi connectivity index (χ0v) is 11.8. The quantitative estimate of drug-likeness (QED) is 0.771. The van der Waals surface area contributed by atoms with Crippen molar-refractivity contribution in [1.82, 2.24) is 30.0 Å². The summed E-state index contributed by atoms with van der Waals surface area (Å²) in [6.45, 7) is 3.05. The van der Waals surface area contributed by atoms with Gasteiger partial charge in [-0.3, -0.25) is 10.00 Å². The second-order valence-corrected chi connectivity index (χ2v) is 5.65. The van der Waals surface area contributed by atoms with E-state index in [4.69, 9.17) is 4.98 Å². The highest BCUT2D eigenvalue weighted by Crippen LogP contribution is 2.27. The van der Waals surface area contributed by atoms with E-state index in [1.807, 2.05) is 18.6 Å². The van der Waals surface area contributed by atoms with Crippen molar-refractivity contribution in [2.24, 2.45) is 0 Å². The lowest BCUT2D eigenvalue weighted by Gasteiger charge is -2.31. The van der Waals surface area contributed by atoms with Gasteiger partial charge in [0, 0.05) is 35.9 Å². The fourth-order valence-electron chi connectivity index (χ4n) is 3.11. The minimum atomic E-state index is 0.487. The molecule has 0 bridgehead atoms. The van der Waals surface area contributed by atoms with Crippen LogP contribution < -0.4 is 0 Å². The second-order valence-electron chi connectivity index (χ2n) is 5.65. The number of piperidine rings is 1. The lowest BCUT2D eigenvalue weighted by molar-refractivity contribution is 0.195. The van der Waals surface area contributed by atoms with Gasteiger partial charge in [-0.25, -0.2) is 9.97 Å². The van der Waals surface area contributed by atoms with E-state index >= 15 is 0 Å². The van der Waals surface area contributed by atoms with Crippen LogP contribution in [0.2, 0.25) is 0 Å². The van der Waals surface area contributed by atoms with Crippen LogP contribution in [0, 0.1) is 0 Å². The van der Waals surface area contributed by atoms with E-state index in [9.17, 15) is 0 Å². The largest absolute Gasteiger partial charge is 0.348 e. The fourth-order valence-corrected chi connectivity index (χ4v) is 3.11. The van der Waals surface area contributed by atoms with Gasteiger partial charge in [0.2, 0.25) is 0 Å². The average Bonchev–Trinajstić information content (AvgIpc) is 3.17. The summed E-state index contributed by atoms with van der Waals surface area (Å²) in [5.41, 5.74) is 2.05. The maximum Gasteiger partial charge on any atom is 0.155 e. The van der Waals surface area contributed by atoms with Crippen molar-refractivity contribution >= 4 is 11.0 Å². The van der Waals surface area contributed by atoms with Crippen molar-refractivity contribution in [2.75, 3.05) is 13.1 Å². The molecule has 0 unspecified atom stereocenters. The van der Waals surface area contributed by atoms with Crippen LogP contribution in [0.4, 0.5) is 0 Å². The number of H-pyrrole nitrogens is 2. The number of hydrogen-bond donors (Lipinski definition) is 2. The molecule has 6 heteroatoms.